The Hall–Kier alpha value is -3.79. The Balaban J connectivity index is 1.84. The fourth-order valence-electron chi connectivity index (χ4n) is 3.42. The second kappa shape index (κ2) is 6.18. The summed E-state index contributed by atoms with van der Waals surface area (Å²) < 4.78 is 0. The van der Waals surface area contributed by atoms with Crippen LogP contribution in [0.4, 0.5) is 17.1 Å². The van der Waals surface area contributed by atoms with Gasteiger partial charge in [-0.15, -0.1) is 5.11 Å². The van der Waals surface area contributed by atoms with Crippen LogP contribution in [0.5, 0.6) is 0 Å². The Bertz CT molecular complexity index is 1320. The summed E-state index contributed by atoms with van der Waals surface area (Å²) in [5.74, 6) is 0. The third-order valence-electron chi connectivity index (χ3n) is 4.74. The number of rotatable bonds is 2. The van der Waals surface area contributed by atoms with Gasteiger partial charge in [0.1, 0.15) is 0 Å². The minimum Gasteiger partial charge on any atom is -0.398 e. The van der Waals surface area contributed by atoms with Gasteiger partial charge in [-0.1, -0.05) is 60.7 Å². The quantitative estimate of drug-likeness (QED) is 0.224. The second-order valence-electron chi connectivity index (χ2n) is 6.42. The van der Waals surface area contributed by atoms with Crippen LogP contribution in [0.1, 0.15) is 0 Å². The first-order chi connectivity index (χ1) is 13.3. The molecule has 27 heavy (non-hydrogen) atoms. The van der Waals surface area contributed by atoms with Crippen LogP contribution in [-0.4, -0.2) is 4.98 Å². The summed E-state index contributed by atoms with van der Waals surface area (Å²) in [5, 5.41) is 12.8. The Labute approximate surface area is 156 Å². The molecule has 0 spiro atoms. The monoisotopic (exact) mass is 348 g/mol. The van der Waals surface area contributed by atoms with Crippen molar-refractivity contribution >= 4 is 49.6 Å². The van der Waals surface area contributed by atoms with Crippen molar-refractivity contribution in [2.75, 3.05) is 5.73 Å². The van der Waals surface area contributed by atoms with Gasteiger partial charge in [0.25, 0.3) is 0 Å². The lowest BCUT2D eigenvalue weighted by atomic mass is 10.0. The minimum atomic E-state index is 0.720. The topological polar surface area (TPSA) is 63.6 Å². The molecule has 0 unspecified atom stereocenters. The molecule has 0 aliphatic carbocycles. The smallest absolute Gasteiger partial charge is 0.0943 e. The van der Waals surface area contributed by atoms with Crippen LogP contribution < -0.4 is 5.73 Å². The van der Waals surface area contributed by atoms with Gasteiger partial charge in [0.05, 0.1) is 28.1 Å². The molecule has 0 saturated heterocycles. The number of aromatic nitrogens is 1. The molecule has 128 valence electrons. The predicted molar refractivity (Wildman–Crippen MR) is 112 cm³/mol. The van der Waals surface area contributed by atoms with E-state index in [-0.39, 0.29) is 0 Å². The largest absolute Gasteiger partial charge is 0.398 e. The van der Waals surface area contributed by atoms with Crippen LogP contribution in [0.2, 0.25) is 0 Å². The van der Waals surface area contributed by atoms with Crippen LogP contribution in [0.25, 0.3) is 32.6 Å². The van der Waals surface area contributed by atoms with E-state index in [2.05, 4.69) is 16.3 Å². The van der Waals surface area contributed by atoms with Crippen LogP contribution in [0.15, 0.2) is 95.2 Å². The third kappa shape index (κ3) is 2.59. The van der Waals surface area contributed by atoms with Crippen LogP contribution in [0, 0.1) is 0 Å². The van der Waals surface area contributed by atoms with Gasteiger partial charge in [-0.25, -0.2) is 4.98 Å². The molecule has 0 fully saturated rings. The highest BCUT2D eigenvalue weighted by Gasteiger charge is 2.12. The molecule has 2 N–H and O–H groups in total. The zero-order valence-corrected chi connectivity index (χ0v) is 14.5. The summed E-state index contributed by atoms with van der Waals surface area (Å²) in [6.45, 7) is 0. The van der Waals surface area contributed by atoms with E-state index in [9.17, 15) is 0 Å². The molecule has 1 heterocycles. The Morgan fingerprint density at radius 3 is 2.11 bits per heavy atom. The standard InChI is InChI=1S/C23H16N4/c24-22-18-12-6-7-13-20(18)25-23-17-11-5-4-10-16(17)21(14-19(22)23)27-26-15-8-2-1-3-9-15/h1-14H,(H2,24,25). The SMILES string of the molecule is Nc1c2ccccc2nc2c1cc(N=Nc1ccccc1)c1ccccc12. The lowest BCUT2D eigenvalue weighted by Crippen LogP contribution is -1.93. The van der Waals surface area contributed by atoms with E-state index in [4.69, 9.17) is 10.7 Å². The van der Waals surface area contributed by atoms with Crippen molar-refractivity contribution in [1.29, 1.82) is 0 Å². The molecular weight excluding hydrogens is 332 g/mol. The molecule has 0 aliphatic rings. The van der Waals surface area contributed by atoms with E-state index >= 15 is 0 Å². The number of pyridine rings is 1. The van der Waals surface area contributed by atoms with Gasteiger partial charge in [0.15, 0.2) is 0 Å². The Morgan fingerprint density at radius 1 is 0.630 bits per heavy atom. The van der Waals surface area contributed by atoms with Gasteiger partial charge >= 0.3 is 0 Å². The molecular formula is C23H16N4. The molecule has 0 bridgehead atoms. The number of hydrogen-bond acceptors (Lipinski definition) is 4. The third-order valence-corrected chi connectivity index (χ3v) is 4.74. The number of nitrogens with two attached hydrogens (primary N) is 1. The Morgan fingerprint density at radius 2 is 1.30 bits per heavy atom. The summed E-state index contributed by atoms with van der Waals surface area (Å²) in [7, 11) is 0. The summed E-state index contributed by atoms with van der Waals surface area (Å²) in [4.78, 5) is 4.87. The van der Waals surface area contributed by atoms with Crippen molar-refractivity contribution < 1.29 is 0 Å². The first-order valence-corrected chi connectivity index (χ1v) is 8.78. The average molecular weight is 348 g/mol. The number of anilines is 1. The van der Waals surface area contributed by atoms with Crippen LogP contribution in [0.3, 0.4) is 0 Å². The highest BCUT2D eigenvalue weighted by molar-refractivity contribution is 6.18. The van der Waals surface area contributed by atoms with Crippen molar-refractivity contribution in [1.82, 2.24) is 4.98 Å². The summed E-state index contributed by atoms with van der Waals surface area (Å²) in [5.41, 5.74) is 10.6. The van der Waals surface area contributed by atoms with E-state index in [0.29, 0.717) is 0 Å². The van der Waals surface area contributed by atoms with Gasteiger partial charge in [0, 0.05) is 21.5 Å². The molecule has 1 aromatic heterocycles. The fourth-order valence-corrected chi connectivity index (χ4v) is 3.42. The van der Waals surface area contributed by atoms with Crippen molar-refractivity contribution in [2.24, 2.45) is 10.2 Å². The number of nitrogens with zero attached hydrogens (tertiary/aromatic N) is 3. The van der Waals surface area contributed by atoms with Gasteiger partial charge in [-0.05, 0) is 24.3 Å². The minimum absolute atomic E-state index is 0.720. The molecule has 0 amide bonds. The number of benzene rings is 4. The molecule has 0 aliphatic heterocycles. The van der Waals surface area contributed by atoms with Crippen LogP contribution >= 0.6 is 0 Å². The normalized spacial score (nSPS) is 11.7. The maximum Gasteiger partial charge on any atom is 0.0943 e. The molecule has 0 radical (unpaired) electrons. The maximum atomic E-state index is 6.51. The summed E-state index contributed by atoms with van der Waals surface area (Å²) >= 11 is 0. The number of hydrogen-bond donors (Lipinski definition) is 1. The first-order valence-electron chi connectivity index (χ1n) is 8.78. The molecule has 4 nitrogen and oxygen atoms in total. The first kappa shape index (κ1) is 15.5. The zero-order valence-electron chi connectivity index (χ0n) is 14.5. The number of para-hydroxylation sites is 1. The van der Waals surface area contributed by atoms with E-state index in [1.165, 1.54) is 0 Å². The molecule has 4 aromatic carbocycles. The van der Waals surface area contributed by atoms with Crippen molar-refractivity contribution in [3.63, 3.8) is 0 Å². The lowest BCUT2D eigenvalue weighted by molar-refractivity contribution is 1.24. The fraction of sp³-hybridized carbons (Fsp3) is 0. The van der Waals surface area contributed by atoms with E-state index in [1.807, 2.05) is 78.9 Å². The van der Waals surface area contributed by atoms with Gasteiger partial charge < -0.3 is 5.73 Å². The van der Waals surface area contributed by atoms with Crippen molar-refractivity contribution in [3.05, 3.63) is 84.9 Å². The molecule has 0 saturated carbocycles. The van der Waals surface area contributed by atoms with Crippen molar-refractivity contribution in [3.8, 4) is 0 Å². The molecule has 5 aromatic rings. The Kier molecular flexibility index (Phi) is 3.54. The predicted octanol–water partition coefficient (Wildman–Crippen LogP) is 6.54. The maximum absolute atomic E-state index is 6.51. The van der Waals surface area contributed by atoms with E-state index < -0.39 is 0 Å². The van der Waals surface area contributed by atoms with Crippen molar-refractivity contribution in [2.45, 2.75) is 0 Å². The number of fused-ring (bicyclic) bond motifs is 4. The summed E-state index contributed by atoms with van der Waals surface area (Å²) in [6.07, 6.45) is 0. The lowest BCUT2D eigenvalue weighted by Gasteiger charge is -2.11. The second-order valence-corrected chi connectivity index (χ2v) is 6.42. The van der Waals surface area contributed by atoms with E-state index in [1.54, 1.807) is 0 Å². The van der Waals surface area contributed by atoms with E-state index in [0.717, 1.165) is 49.6 Å². The number of nitrogen functional groups attached to an aromatic ring is 1. The average Bonchev–Trinajstić information content (AvgIpc) is 2.73. The molecule has 0 atom stereocenters. The van der Waals surface area contributed by atoms with Gasteiger partial charge in [0.2, 0.25) is 0 Å². The summed E-state index contributed by atoms with van der Waals surface area (Å²) in [6, 6.07) is 27.7. The highest BCUT2D eigenvalue weighted by atomic mass is 15.1. The zero-order chi connectivity index (χ0) is 18.2. The number of azo groups is 1. The highest BCUT2D eigenvalue weighted by Crippen LogP contribution is 2.38. The van der Waals surface area contributed by atoms with Crippen LogP contribution in [-0.2, 0) is 0 Å². The molecule has 5 rings (SSSR count). The molecule has 4 heteroatoms. The van der Waals surface area contributed by atoms with Gasteiger partial charge in [-0.2, -0.15) is 5.11 Å². The van der Waals surface area contributed by atoms with Gasteiger partial charge in [-0.3, -0.25) is 0 Å².